The zero-order valence-corrected chi connectivity index (χ0v) is 20.1. The number of para-hydroxylation sites is 1. The molecular weight excluding hydrogens is 452 g/mol. The molecule has 1 aliphatic rings. The van der Waals surface area contributed by atoms with Gasteiger partial charge in [0.2, 0.25) is 5.91 Å². The minimum atomic E-state index is -3.73. The van der Waals surface area contributed by atoms with Crippen LogP contribution in [0.1, 0.15) is 29.2 Å². The fraction of sp³-hybridized carbons (Fsp3) is 0.240. The van der Waals surface area contributed by atoms with Crippen molar-refractivity contribution in [1.29, 1.82) is 0 Å². The largest absolute Gasteiger partial charge is 0.508 e. The maximum atomic E-state index is 12.9. The number of amides is 1. The molecule has 0 aliphatic carbocycles. The van der Waals surface area contributed by atoms with Crippen LogP contribution in [0.2, 0.25) is 0 Å². The predicted molar refractivity (Wildman–Crippen MR) is 132 cm³/mol. The lowest BCUT2D eigenvalue weighted by Gasteiger charge is -2.19. The standard InChI is InChI=1S/C25H28N4O4S/c1-16-13-21(24(30)14-17(16)2)22-15-23(28-27-22)25(31)26-18-9-11-20(12-10-18)34(32,33)29(3)19-7-5-4-6-8-19/h4-14,22-23,27-28,30H,15H2,1-3H3,(H,26,31). The third kappa shape index (κ3) is 4.77. The van der Waals surface area contributed by atoms with E-state index in [9.17, 15) is 18.3 Å². The molecule has 1 heterocycles. The van der Waals surface area contributed by atoms with Gasteiger partial charge >= 0.3 is 0 Å². The van der Waals surface area contributed by atoms with Gasteiger partial charge in [-0.2, -0.15) is 0 Å². The molecule has 3 aromatic carbocycles. The van der Waals surface area contributed by atoms with E-state index < -0.39 is 16.1 Å². The van der Waals surface area contributed by atoms with E-state index in [4.69, 9.17) is 0 Å². The highest BCUT2D eigenvalue weighted by atomic mass is 32.2. The summed E-state index contributed by atoms with van der Waals surface area (Å²) in [5, 5.41) is 13.1. The van der Waals surface area contributed by atoms with Crippen LogP contribution in [0.15, 0.2) is 71.6 Å². The zero-order chi connectivity index (χ0) is 24.5. The van der Waals surface area contributed by atoms with Gasteiger partial charge in [0.25, 0.3) is 10.0 Å². The van der Waals surface area contributed by atoms with Gasteiger partial charge in [0.1, 0.15) is 11.8 Å². The number of hydrogen-bond acceptors (Lipinski definition) is 6. The van der Waals surface area contributed by atoms with Crippen LogP contribution in [0, 0.1) is 13.8 Å². The predicted octanol–water partition coefficient (Wildman–Crippen LogP) is 3.38. The van der Waals surface area contributed by atoms with E-state index in [1.54, 1.807) is 42.5 Å². The molecule has 0 saturated carbocycles. The van der Waals surface area contributed by atoms with E-state index in [1.807, 2.05) is 26.0 Å². The fourth-order valence-electron chi connectivity index (χ4n) is 3.91. The van der Waals surface area contributed by atoms with Gasteiger partial charge in [-0.1, -0.05) is 24.3 Å². The number of hydrazine groups is 1. The first-order valence-electron chi connectivity index (χ1n) is 10.9. The molecule has 0 spiro atoms. The van der Waals surface area contributed by atoms with Gasteiger partial charge in [-0.25, -0.2) is 19.3 Å². The monoisotopic (exact) mass is 480 g/mol. The van der Waals surface area contributed by atoms with E-state index in [1.165, 1.54) is 23.5 Å². The Morgan fingerprint density at radius 1 is 1.00 bits per heavy atom. The summed E-state index contributed by atoms with van der Waals surface area (Å²) in [5.41, 5.74) is 9.91. The molecule has 4 N–H and O–H groups in total. The van der Waals surface area contributed by atoms with Gasteiger partial charge in [-0.15, -0.1) is 0 Å². The first-order chi connectivity index (χ1) is 16.2. The van der Waals surface area contributed by atoms with Crippen LogP contribution in [0.3, 0.4) is 0 Å². The Morgan fingerprint density at radius 3 is 2.32 bits per heavy atom. The number of phenols is 1. The number of hydrogen-bond donors (Lipinski definition) is 4. The molecular formula is C25H28N4O4S. The summed E-state index contributed by atoms with van der Waals surface area (Å²) in [4.78, 5) is 12.9. The Balaban J connectivity index is 1.41. The number of rotatable bonds is 6. The van der Waals surface area contributed by atoms with Crippen molar-refractivity contribution < 1.29 is 18.3 Å². The highest BCUT2D eigenvalue weighted by molar-refractivity contribution is 7.92. The van der Waals surface area contributed by atoms with Crippen LogP contribution < -0.4 is 20.5 Å². The number of aryl methyl sites for hydroxylation is 2. The number of sulfonamides is 1. The lowest BCUT2D eigenvalue weighted by atomic mass is 9.97. The summed E-state index contributed by atoms with van der Waals surface area (Å²) in [6.45, 7) is 3.91. The molecule has 0 bridgehead atoms. The maximum absolute atomic E-state index is 12.9. The Labute approximate surface area is 199 Å². The topological polar surface area (TPSA) is 111 Å². The van der Waals surface area contributed by atoms with Gasteiger partial charge in [0.05, 0.1) is 16.6 Å². The summed E-state index contributed by atoms with van der Waals surface area (Å²) in [5.74, 6) is -0.0592. The highest BCUT2D eigenvalue weighted by Gasteiger charge is 2.32. The average Bonchev–Trinajstić information content (AvgIpc) is 3.32. The van der Waals surface area contributed by atoms with Crippen molar-refractivity contribution in [2.75, 3.05) is 16.7 Å². The van der Waals surface area contributed by atoms with Crippen molar-refractivity contribution in [1.82, 2.24) is 10.9 Å². The van der Waals surface area contributed by atoms with E-state index in [0.717, 1.165) is 16.7 Å². The van der Waals surface area contributed by atoms with Crippen LogP contribution in [0.4, 0.5) is 11.4 Å². The minimum Gasteiger partial charge on any atom is -0.508 e. The molecule has 2 unspecified atom stereocenters. The van der Waals surface area contributed by atoms with Gasteiger partial charge in [0.15, 0.2) is 0 Å². The number of nitrogens with one attached hydrogen (secondary N) is 3. The molecule has 178 valence electrons. The number of carbonyl (C=O) groups is 1. The third-order valence-electron chi connectivity index (χ3n) is 6.14. The lowest BCUT2D eigenvalue weighted by molar-refractivity contribution is -0.117. The van der Waals surface area contributed by atoms with Crippen molar-refractivity contribution in [2.24, 2.45) is 0 Å². The summed E-state index contributed by atoms with van der Waals surface area (Å²) in [7, 11) is -2.22. The Hall–Kier alpha value is -3.40. The smallest absolute Gasteiger partial charge is 0.264 e. The second-order valence-corrected chi connectivity index (χ2v) is 10.4. The Kier molecular flexibility index (Phi) is 6.60. The maximum Gasteiger partial charge on any atom is 0.264 e. The highest BCUT2D eigenvalue weighted by Crippen LogP contribution is 2.32. The molecule has 4 rings (SSSR count). The molecule has 1 aliphatic heterocycles. The van der Waals surface area contributed by atoms with Crippen molar-refractivity contribution in [3.8, 4) is 5.75 Å². The van der Waals surface area contributed by atoms with Crippen molar-refractivity contribution >= 4 is 27.3 Å². The SMILES string of the molecule is Cc1cc(O)c(C2CC(C(=O)Nc3ccc(S(=O)(=O)N(C)c4ccccc4)cc3)NN2)cc1C. The number of carbonyl (C=O) groups excluding carboxylic acids is 1. The second-order valence-electron chi connectivity index (χ2n) is 8.45. The van der Waals surface area contributed by atoms with Gasteiger partial charge in [-0.3, -0.25) is 9.10 Å². The molecule has 3 aromatic rings. The summed E-state index contributed by atoms with van der Waals surface area (Å²) in [6, 6.07) is 17.8. The van der Waals surface area contributed by atoms with Crippen LogP contribution in [0.25, 0.3) is 0 Å². The molecule has 0 aromatic heterocycles. The minimum absolute atomic E-state index is 0.128. The molecule has 1 fully saturated rings. The normalized spacial score (nSPS) is 18.0. The summed E-state index contributed by atoms with van der Waals surface area (Å²) in [6.07, 6.45) is 0.455. The van der Waals surface area contributed by atoms with Crippen LogP contribution in [-0.4, -0.2) is 32.5 Å². The molecule has 9 heteroatoms. The summed E-state index contributed by atoms with van der Waals surface area (Å²) < 4.78 is 27.1. The second kappa shape index (κ2) is 9.46. The van der Waals surface area contributed by atoms with Crippen molar-refractivity contribution in [3.05, 3.63) is 83.4 Å². The van der Waals surface area contributed by atoms with Crippen molar-refractivity contribution in [2.45, 2.75) is 37.2 Å². The number of anilines is 2. The molecule has 1 saturated heterocycles. The first-order valence-corrected chi connectivity index (χ1v) is 12.4. The molecule has 0 radical (unpaired) electrons. The quantitative estimate of drug-likeness (QED) is 0.431. The van der Waals surface area contributed by atoms with Crippen LogP contribution >= 0.6 is 0 Å². The molecule has 8 nitrogen and oxygen atoms in total. The fourth-order valence-corrected chi connectivity index (χ4v) is 5.10. The Morgan fingerprint density at radius 2 is 1.65 bits per heavy atom. The van der Waals surface area contributed by atoms with Gasteiger partial charge in [0, 0.05) is 18.3 Å². The third-order valence-corrected chi connectivity index (χ3v) is 7.94. The van der Waals surface area contributed by atoms with Crippen molar-refractivity contribution in [3.63, 3.8) is 0 Å². The zero-order valence-electron chi connectivity index (χ0n) is 19.2. The van der Waals surface area contributed by atoms with E-state index in [-0.39, 0.29) is 22.6 Å². The van der Waals surface area contributed by atoms with Gasteiger partial charge in [-0.05, 0) is 73.9 Å². The molecule has 1 amide bonds. The van der Waals surface area contributed by atoms with E-state index >= 15 is 0 Å². The number of phenolic OH excluding ortho intramolecular Hbond substituents is 1. The lowest BCUT2D eigenvalue weighted by Crippen LogP contribution is -2.39. The summed E-state index contributed by atoms with van der Waals surface area (Å²) >= 11 is 0. The molecule has 34 heavy (non-hydrogen) atoms. The van der Waals surface area contributed by atoms with Crippen LogP contribution in [-0.2, 0) is 14.8 Å². The number of benzene rings is 3. The van der Waals surface area contributed by atoms with Crippen LogP contribution in [0.5, 0.6) is 5.75 Å². The average molecular weight is 481 g/mol. The van der Waals surface area contributed by atoms with E-state index in [2.05, 4.69) is 16.2 Å². The number of nitrogens with zero attached hydrogens (tertiary/aromatic N) is 1. The molecule has 2 atom stereocenters. The number of aromatic hydroxyl groups is 1. The van der Waals surface area contributed by atoms with E-state index in [0.29, 0.717) is 17.8 Å². The van der Waals surface area contributed by atoms with Gasteiger partial charge < -0.3 is 10.4 Å². The first kappa shape index (κ1) is 23.7. The Bertz CT molecular complexity index is 1290.